The highest BCUT2D eigenvalue weighted by Crippen LogP contribution is 2.24. The van der Waals surface area contributed by atoms with Crippen LogP contribution >= 0.6 is 15.9 Å². The molecule has 3 rings (SSSR count). The third kappa shape index (κ3) is 3.29. The predicted octanol–water partition coefficient (Wildman–Crippen LogP) is 4.62. The third-order valence-corrected chi connectivity index (χ3v) is 4.33. The summed E-state index contributed by atoms with van der Waals surface area (Å²) in [6, 6.07) is 20.0. The summed E-state index contributed by atoms with van der Waals surface area (Å²) in [5.74, 6) is -0.290. The molecule has 0 saturated carbocycles. The van der Waals surface area contributed by atoms with Crippen LogP contribution in [0.5, 0.6) is 5.75 Å². The van der Waals surface area contributed by atoms with Gasteiger partial charge in [-0.05, 0) is 18.2 Å². The number of rotatable bonds is 4. The second-order valence-electron chi connectivity index (χ2n) is 5.27. The summed E-state index contributed by atoms with van der Waals surface area (Å²) in [4.78, 5) is 24.9. The smallest absolute Gasteiger partial charge is 0.194 e. The summed E-state index contributed by atoms with van der Waals surface area (Å²) < 4.78 is 0.606. The molecule has 3 aromatic rings. The van der Waals surface area contributed by atoms with Gasteiger partial charge in [-0.15, -0.1) is 0 Å². The van der Waals surface area contributed by atoms with E-state index in [1.807, 2.05) is 18.2 Å². The van der Waals surface area contributed by atoms with Crippen molar-refractivity contribution < 1.29 is 14.7 Å². The highest BCUT2D eigenvalue weighted by molar-refractivity contribution is 9.10. The van der Waals surface area contributed by atoms with Crippen LogP contribution in [0.1, 0.15) is 31.8 Å². The van der Waals surface area contributed by atoms with Crippen LogP contribution in [0.4, 0.5) is 0 Å². The molecule has 3 aromatic carbocycles. The zero-order valence-electron chi connectivity index (χ0n) is 12.6. The van der Waals surface area contributed by atoms with Crippen molar-refractivity contribution in [3.63, 3.8) is 0 Å². The number of hydrogen-bond acceptors (Lipinski definition) is 3. The molecule has 0 heterocycles. The van der Waals surface area contributed by atoms with E-state index in [0.29, 0.717) is 26.7 Å². The molecule has 0 fully saturated rings. The van der Waals surface area contributed by atoms with E-state index < -0.39 is 0 Å². The lowest BCUT2D eigenvalue weighted by atomic mass is 9.98. The fourth-order valence-corrected chi connectivity index (χ4v) is 2.80. The van der Waals surface area contributed by atoms with Crippen molar-refractivity contribution in [2.45, 2.75) is 0 Å². The summed E-state index contributed by atoms with van der Waals surface area (Å²) in [6.45, 7) is 0. The van der Waals surface area contributed by atoms with Crippen LogP contribution in [-0.4, -0.2) is 16.7 Å². The van der Waals surface area contributed by atoms with E-state index in [4.69, 9.17) is 0 Å². The van der Waals surface area contributed by atoms with Crippen molar-refractivity contribution in [1.82, 2.24) is 0 Å². The average Bonchev–Trinajstić information content (AvgIpc) is 2.63. The Labute approximate surface area is 147 Å². The van der Waals surface area contributed by atoms with Gasteiger partial charge in [0.15, 0.2) is 11.6 Å². The van der Waals surface area contributed by atoms with Crippen molar-refractivity contribution in [2.24, 2.45) is 0 Å². The van der Waals surface area contributed by atoms with Crippen LogP contribution in [0.3, 0.4) is 0 Å². The Morgan fingerprint density at radius 3 is 1.88 bits per heavy atom. The number of hydrogen-bond donors (Lipinski definition) is 1. The van der Waals surface area contributed by atoms with Gasteiger partial charge in [0.1, 0.15) is 5.75 Å². The fraction of sp³-hybridized carbons (Fsp3) is 0. The standard InChI is InChI=1S/C20H13BrO3/c21-18-11-10-16(22)12-17(18)20(24)15-8-6-14(7-9-15)19(23)13-4-2-1-3-5-13/h1-12,22H. The Balaban J connectivity index is 1.88. The number of halogens is 1. The zero-order chi connectivity index (χ0) is 17.1. The number of carbonyl (C=O) groups excluding carboxylic acids is 2. The van der Waals surface area contributed by atoms with E-state index in [1.165, 1.54) is 12.1 Å². The van der Waals surface area contributed by atoms with Crippen LogP contribution < -0.4 is 0 Å². The van der Waals surface area contributed by atoms with Gasteiger partial charge in [-0.25, -0.2) is 0 Å². The molecule has 0 atom stereocenters. The summed E-state index contributed by atoms with van der Waals surface area (Å²) in [5.41, 5.74) is 1.95. The molecule has 1 N–H and O–H groups in total. The molecule has 3 nitrogen and oxygen atoms in total. The van der Waals surface area contributed by atoms with Gasteiger partial charge in [0.05, 0.1) is 0 Å². The normalized spacial score (nSPS) is 10.4. The summed E-state index contributed by atoms with van der Waals surface area (Å²) in [6.07, 6.45) is 0. The molecule has 0 aliphatic rings. The van der Waals surface area contributed by atoms with Gasteiger partial charge in [0.2, 0.25) is 0 Å². The number of benzene rings is 3. The van der Waals surface area contributed by atoms with Crippen LogP contribution in [0.2, 0.25) is 0 Å². The lowest BCUT2D eigenvalue weighted by Gasteiger charge is -2.06. The van der Waals surface area contributed by atoms with Gasteiger partial charge >= 0.3 is 0 Å². The van der Waals surface area contributed by atoms with Crippen molar-refractivity contribution >= 4 is 27.5 Å². The van der Waals surface area contributed by atoms with Crippen molar-refractivity contribution in [1.29, 1.82) is 0 Å². The Morgan fingerprint density at radius 2 is 1.25 bits per heavy atom. The lowest BCUT2D eigenvalue weighted by Crippen LogP contribution is -2.05. The maximum atomic E-state index is 12.5. The molecule has 4 heteroatoms. The second kappa shape index (κ2) is 6.81. The third-order valence-electron chi connectivity index (χ3n) is 3.64. The highest BCUT2D eigenvalue weighted by Gasteiger charge is 2.15. The van der Waals surface area contributed by atoms with E-state index in [2.05, 4.69) is 15.9 Å². The Morgan fingerprint density at radius 1 is 0.708 bits per heavy atom. The van der Waals surface area contributed by atoms with E-state index in [1.54, 1.807) is 42.5 Å². The van der Waals surface area contributed by atoms with Gasteiger partial charge in [-0.2, -0.15) is 0 Å². The van der Waals surface area contributed by atoms with E-state index >= 15 is 0 Å². The first kappa shape index (κ1) is 16.1. The van der Waals surface area contributed by atoms with Crippen molar-refractivity contribution in [3.8, 4) is 5.75 Å². The molecule has 0 unspecified atom stereocenters. The summed E-state index contributed by atoms with van der Waals surface area (Å²) >= 11 is 3.31. The molecular weight excluding hydrogens is 368 g/mol. The molecule has 0 radical (unpaired) electrons. The number of phenolic OH excluding ortho intramolecular Hbond substituents is 1. The highest BCUT2D eigenvalue weighted by atomic mass is 79.9. The van der Waals surface area contributed by atoms with Gasteiger partial charge in [-0.1, -0.05) is 70.5 Å². The van der Waals surface area contributed by atoms with Gasteiger partial charge < -0.3 is 5.11 Å². The summed E-state index contributed by atoms with van der Waals surface area (Å²) in [5, 5.41) is 9.56. The quantitative estimate of drug-likeness (QED) is 0.672. The Kier molecular flexibility index (Phi) is 4.58. The lowest BCUT2D eigenvalue weighted by molar-refractivity contribution is 0.102. The average molecular weight is 381 g/mol. The molecule has 0 amide bonds. The number of aromatic hydroxyl groups is 1. The minimum Gasteiger partial charge on any atom is -0.508 e. The molecule has 0 spiro atoms. The van der Waals surface area contributed by atoms with E-state index in [-0.39, 0.29) is 17.3 Å². The Bertz CT molecular complexity index is 900. The van der Waals surface area contributed by atoms with Gasteiger partial charge in [0.25, 0.3) is 0 Å². The first-order valence-corrected chi connectivity index (χ1v) is 8.08. The van der Waals surface area contributed by atoms with Crippen molar-refractivity contribution in [3.05, 3.63) is 99.5 Å². The first-order valence-electron chi connectivity index (χ1n) is 7.29. The van der Waals surface area contributed by atoms with E-state index in [0.717, 1.165) is 0 Å². The zero-order valence-corrected chi connectivity index (χ0v) is 14.2. The minimum atomic E-state index is -0.225. The van der Waals surface area contributed by atoms with Crippen LogP contribution in [0, 0.1) is 0 Å². The first-order chi connectivity index (χ1) is 11.6. The molecule has 0 aliphatic carbocycles. The molecule has 0 aliphatic heterocycles. The van der Waals surface area contributed by atoms with Crippen LogP contribution in [0.25, 0.3) is 0 Å². The maximum Gasteiger partial charge on any atom is 0.194 e. The van der Waals surface area contributed by atoms with Crippen LogP contribution in [-0.2, 0) is 0 Å². The topological polar surface area (TPSA) is 54.4 Å². The van der Waals surface area contributed by atoms with Gasteiger partial charge in [-0.3, -0.25) is 9.59 Å². The number of carbonyl (C=O) groups is 2. The summed E-state index contributed by atoms with van der Waals surface area (Å²) in [7, 11) is 0. The number of ketones is 2. The van der Waals surface area contributed by atoms with E-state index in [9.17, 15) is 14.7 Å². The van der Waals surface area contributed by atoms with Gasteiger partial charge in [0, 0.05) is 26.7 Å². The molecular formula is C20H13BrO3. The largest absolute Gasteiger partial charge is 0.508 e. The van der Waals surface area contributed by atoms with Crippen LogP contribution in [0.15, 0.2) is 77.3 Å². The predicted molar refractivity (Wildman–Crippen MR) is 95.6 cm³/mol. The minimum absolute atomic E-state index is 0.0254. The molecule has 0 aromatic heterocycles. The molecule has 0 bridgehead atoms. The molecule has 24 heavy (non-hydrogen) atoms. The Hall–Kier alpha value is -2.72. The second-order valence-corrected chi connectivity index (χ2v) is 6.12. The molecule has 0 saturated heterocycles. The van der Waals surface area contributed by atoms with Crippen molar-refractivity contribution in [2.75, 3.05) is 0 Å². The fourth-order valence-electron chi connectivity index (χ4n) is 2.37. The maximum absolute atomic E-state index is 12.5. The monoisotopic (exact) mass is 380 g/mol. The SMILES string of the molecule is O=C(c1ccccc1)c1ccc(C(=O)c2cc(O)ccc2Br)cc1. The number of phenols is 1. The molecule has 118 valence electrons.